The van der Waals surface area contributed by atoms with Crippen LogP contribution in [0.25, 0.3) is 0 Å². The van der Waals surface area contributed by atoms with Gasteiger partial charge in [-0.05, 0) is 44.1 Å². The smallest absolute Gasteiger partial charge is 0.320 e. The Morgan fingerprint density at radius 2 is 2.11 bits per heavy atom. The van der Waals surface area contributed by atoms with Crippen LogP contribution in [0.15, 0.2) is 0 Å². The molecule has 0 saturated heterocycles. The van der Waals surface area contributed by atoms with Crippen LogP contribution in [-0.2, 0) is 14.3 Å². The summed E-state index contributed by atoms with van der Waals surface area (Å²) in [6.07, 6.45) is 4.21. The van der Waals surface area contributed by atoms with E-state index in [4.69, 9.17) is 15.6 Å². The second-order valence-electron chi connectivity index (χ2n) is 4.95. The Morgan fingerprint density at radius 1 is 1.42 bits per heavy atom. The molecule has 1 fully saturated rings. The summed E-state index contributed by atoms with van der Waals surface area (Å²) in [5.41, 5.74) is 5.16. The van der Waals surface area contributed by atoms with Crippen LogP contribution >= 0.6 is 11.8 Å². The highest BCUT2D eigenvalue weighted by Crippen LogP contribution is 2.45. The van der Waals surface area contributed by atoms with Gasteiger partial charge in [0, 0.05) is 0 Å². The number of hydrogen-bond acceptors (Lipinski definition) is 5. The zero-order valence-corrected chi connectivity index (χ0v) is 12.2. The quantitative estimate of drug-likeness (QED) is 0.495. The van der Waals surface area contributed by atoms with Crippen LogP contribution in [0.2, 0.25) is 0 Å². The number of carbonyl (C=O) groups is 2. The van der Waals surface area contributed by atoms with Gasteiger partial charge in [-0.2, -0.15) is 11.8 Å². The second-order valence-corrected chi connectivity index (χ2v) is 6.17. The predicted molar refractivity (Wildman–Crippen MR) is 75.1 cm³/mol. The molecule has 0 heterocycles. The molecule has 0 aromatic carbocycles. The normalized spacial score (nSPS) is 18.4. The Labute approximate surface area is 118 Å². The molecule has 1 saturated carbocycles. The molecule has 110 valence electrons. The number of nitrogens with two attached hydrogens (primary N) is 1. The highest BCUT2D eigenvalue weighted by Gasteiger charge is 2.44. The van der Waals surface area contributed by atoms with Gasteiger partial charge in [0.25, 0.3) is 0 Å². The van der Waals surface area contributed by atoms with Gasteiger partial charge in [-0.15, -0.1) is 0 Å². The Balaban J connectivity index is 2.20. The van der Waals surface area contributed by atoms with Gasteiger partial charge < -0.3 is 15.6 Å². The average Bonchev–Trinajstić information content (AvgIpc) is 2.31. The molecule has 0 spiro atoms. The van der Waals surface area contributed by atoms with Crippen molar-refractivity contribution in [2.45, 2.75) is 45.1 Å². The van der Waals surface area contributed by atoms with E-state index < -0.39 is 12.0 Å². The van der Waals surface area contributed by atoms with Crippen LogP contribution in [0.5, 0.6) is 0 Å². The fourth-order valence-electron chi connectivity index (χ4n) is 2.15. The molecule has 0 bridgehead atoms. The molecule has 1 aliphatic carbocycles. The Hall–Kier alpha value is -0.750. The van der Waals surface area contributed by atoms with E-state index in [1.54, 1.807) is 11.8 Å². The minimum absolute atomic E-state index is 0.0657. The molecule has 6 heteroatoms. The standard InChI is InChI=1S/C13H23NO4S/c1-2-18-12(17)13(5-3-6-13)7-9-19-8-4-10(14)11(15)16/h10H,2-9,14H2,1H3,(H,15,16). The summed E-state index contributed by atoms with van der Waals surface area (Å²) >= 11 is 1.66. The minimum atomic E-state index is -0.956. The number of hydrogen-bond donors (Lipinski definition) is 2. The van der Waals surface area contributed by atoms with Crippen molar-refractivity contribution in [3.05, 3.63) is 0 Å². The largest absolute Gasteiger partial charge is 0.480 e. The zero-order valence-electron chi connectivity index (χ0n) is 11.4. The third-order valence-corrected chi connectivity index (χ3v) is 4.65. The van der Waals surface area contributed by atoms with Crippen LogP contribution < -0.4 is 5.73 Å². The molecule has 5 nitrogen and oxygen atoms in total. The number of carboxylic acid groups (broad SMARTS) is 1. The highest BCUT2D eigenvalue weighted by atomic mass is 32.2. The Kier molecular flexibility index (Phi) is 6.65. The topological polar surface area (TPSA) is 89.6 Å². The van der Waals surface area contributed by atoms with E-state index in [2.05, 4.69) is 0 Å². The molecular formula is C13H23NO4S. The number of thioether (sulfide) groups is 1. The van der Waals surface area contributed by atoms with E-state index >= 15 is 0 Å². The van der Waals surface area contributed by atoms with Gasteiger partial charge in [0.15, 0.2) is 0 Å². The van der Waals surface area contributed by atoms with E-state index in [1.165, 1.54) is 0 Å². The third kappa shape index (κ3) is 4.69. The molecule has 0 amide bonds. The fourth-order valence-corrected chi connectivity index (χ4v) is 3.31. The summed E-state index contributed by atoms with van der Waals surface area (Å²) in [7, 11) is 0. The van der Waals surface area contributed by atoms with Gasteiger partial charge in [-0.1, -0.05) is 6.42 Å². The highest BCUT2D eigenvalue weighted by molar-refractivity contribution is 7.99. The molecule has 0 aliphatic heterocycles. The van der Waals surface area contributed by atoms with E-state index in [0.29, 0.717) is 18.8 Å². The number of carbonyl (C=O) groups excluding carboxylic acids is 1. The maximum absolute atomic E-state index is 11.9. The molecule has 3 N–H and O–H groups in total. The van der Waals surface area contributed by atoms with E-state index in [0.717, 1.165) is 31.4 Å². The first-order valence-corrected chi connectivity index (χ1v) is 7.90. The van der Waals surface area contributed by atoms with Crippen molar-refractivity contribution in [2.75, 3.05) is 18.1 Å². The van der Waals surface area contributed by atoms with Crippen LogP contribution in [-0.4, -0.2) is 41.2 Å². The number of rotatable bonds is 9. The average molecular weight is 289 g/mol. The molecule has 1 unspecified atom stereocenters. The predicted octanol–water partition coefficient (Wildman–Crippen LogP) is 1.65. The molecule has 0 aromatic heterocycles. The van der Waals surface area contributed by atoms with Crippen molar-refractivity contribution >= 4 is 23.7 Å². The SMILES string of the molecule is CCOC(=O)C1(CCSCCC(N)C(=O)O)CCC1. The summed E-state index contributed by atoms with van der Waals surface area (Å²) in [6.45, 7) is 2.26. The fraction of sp³-hybridized carbons (Fsp3) is 0.846. The van der Waals surface area contributed by atoms with Crippen molar-refractivity contribution in [2.24, 2.45) is 11.1 Å². The van der Waals surface area contributed by atoms with Crippen molar-refractivity contribution in [3.63, 3.8) is 0 Å². The first kappa shape index (κ1) is 16.3. The number of esters is 1. The molecule has 1 aliphatic rings. The molecule has 1 rings (SSSR count). The molecule has 19 heavy (non-hydrogen) atoms. The van der Waals surface area contributed by atoms with Crippen LogP contribution in [0, 0.1) is 5.41 Å². The molecule has 1 atom stereocenters. The van der Waals surface area contributed by atoms with E-state index in [1.807, 2.05) is 6.92 Å². The maximum Gasteiger partial charge on any atom is 0.320 e. The van der Waals surface area contributed by atoms with E-state index in [9.17, 15) is 9.59 Å². The Bertz CT molecular complexity index is 318. The number of ether oxygens (including phenoxy) is 1. The van der Waals surface area contributed by atoms with Crippen LogP contribution in [0.1, 0.15) is 39.0 Å². The monoisotopic (exact) mass is 289 g/mol. The van der Waals surface area contributed by atoms with Crippen LogP contribution in [0.3, 0.4) is 0 Å². The lowest BCUT2D eigenvalue weighted by molar-refractivity contribution is -0.161. The van der Waals surface area contributed by atoms with Crippen molar-refractivity contribution in [1.82, 2.24) is 0 Å². The second kappa shape index (κ2) is 7.75. The van der Waals surface area contributed by atoms with Gasteiger partial charge in [0.2, 0.25) is 0 Å². The summed E-state index contributed by atoms with van der Waals surface area (Å²) in [5, 5.41) is 8.65. The number of aliphatic carboxylic acids is 1. The summed E-state index contributed by atoms with van der Waals surface area (Å²) in [5.74, 6) is 0.545. The summed E-state index contributed by atoms with van der Waals surface area (Å²) in [6, 6.07) is -0.782. The minimum Gasteiger partial charge on any atom is -0.480 e. The summed E-state index contributed by atoms with van der Waals surface area (Å²) in [4.78, 5) is 22.4. The van der Waals surface area contributed by atoms with Gasteiger partial charge >= 0.3 is 11.9 Å². The lowest BCUT2D eigenvalue weighted by Gasteiger charge is -2.39. The van der Waals surface area contributed by atoms with Gasteiger partial charge in [-0.25, -0.2) is 0 Å². The molecule has 0 radical (unpaired) electrons. The third-order valence-electron chi connectivity index (χ3n) is 3.63. The van der Waals surface area contributed by atoms with E-state index in [-0.39, 0.29) is 11.4 Å². The molecular weight excluding hydrogens is 266 g/mol. The zero-order chi connectivity index (χ0) is 14.3. The van der Waals surface area contributed by atoms with Gasteiger partial charge in [0.1, 0.15) is 6.04 Å². The first-order chi connectivity index (χ1) is 9.02. The van der Waals surface area contributed by atoms with Gasteiger partial charge in [0.05, 0.1) is 12.0 Å². The maximum atomic E-state index is 11.9. The van der Waals surface area contributed by atoms with Gasteiger partial charge in [-0.3, -0.25) is 9.59 Å². The first-order valence-electron chi connectivity index (χ1n) is 6.75. The lowest BCUT2D eigenvalue weighted by Crippen LogP contribution is -2.40. The van der Waals surface area contributed by atoms with Crippen molar-refractivity contribution < 1.29 is 19.4 Å². The van der Waals surface area contributed by atoms with Crippen molar-refractivity contribution in [3.8, 4) is 0 Å². The lowest BCUT2D eigenvalue weighted by atomic mass is 9.67. The molecule has 0 aromatic rings. The van der Waals surface area contributed by atoms with Crippen LogP contribution in [0.4, 0.5) is 0 Å². The Morgan fingerprint density at radius 3 is 2.58 bits per heavy atom. The number of carboxylic acids is 1. The summed E-state index contributed by atoms with van der Waals surface area (Å²) < 4.78 is 5.13. The van der Waals surface area contributed by atoms with Crippen molar-refractivity contribution in [1.29, 1.82) is 0 Å².